The Bertz CT molecular complexity index is 911. The maximum atomic E-state index is 9.71. The largest absolute Gasteiger partial charge is 0.493 e. The number of aryl methyl sites for hydroxylation is 1. The average Bonchev–Trinajstić information content (AvgIpc) is 3.11. The van der Waals surface area contributed by atoms with Gasteiger partial charge in [0.05, 0.1) is 31.3 Å². The van der Waals surface area contributed by atoms with E-state index in [1.54, 1.807) is 0 Å². The molecule has 7 nitrogen and oxygen atoms in total. The average molecular weight is 382 g/mol. The van der Waals surface area contributed by atoms with Crippen molar-refractivity contribution in [2.45, 2.75) is 45.4 Å². The molecule has 1 unspecified atom stereocenters. The highest BCUT2D eigenvalue weighted by atomic mass is 16.6. The molecule has 1 aromatic heterocycles. The molecule has 1 aromatic carbocycles. The van der Waals surface area contributed by atoms with E-state index in [4.69, 9.17) is 19.6 Å². The predicted octanol–water partition coefficient (Wildman–Crippen LogP) is 4.07. The number of anilines is 1. The molecule has 148 valence electrons. The molecular formula is C21H26N4O3. The van der Waals surface area contributed by atoms with Crippen molar-refractivity contribution in [3.05, 3.63) is 46.4 Å². The standard InChI is InChI=1S/C21H26N4O3/c1-4-6-10-27-16-9-8-14(11-13(16)7-5-2)17-15(12-22)19(23)25-20-18(17)24-21(26-3)28-20/h8-9,11,17,25H,4-7,10,23H2,1-3H3. The zero-order chi connectivity index (χ0) is 20.1. The van der Waals surface area contributed by atoms with Crippen LogP contribution in [0.5, 0.6) is 11.8 Å². The third-order valence-electron chi connectivity index (χ3n) is 4.72. The van der Waals surface area contributed by atoms with Gasteiger partial charge in [0.2, 0.25) is 5.88 Å². The third-order valence-corrected chi connectivity index (χ3v) is 4.72. The molecule has 0 saturated heterocycles. The van der Waals surface area contributed by atoms with Crippen molar-refractivity contribution >= 4 is 5.88 Å². The van der Waals surface area contributed by atoms with Crippen molar-refractivity contribution in [2.24, 2.45) is 5.73 Å². The zero-order valence-corrected chi connectivity index (χ0v) is 16.5. The van der Waals surface area contributed by atoms with Gasteiger partial charge in [0, 0.05) is 0 Å². The zero-order valence-electron chi connectivity index (χ0n) is 16.5. The number of hydrogen-bond donors (Lipinski definition) is 2. The SMILES string of the molecule is CCCCOc1ccc(C2C(C#N)=C(N)Nc3oc(OC)nc32)cc1CCC. The van der Waals surface area contributed by atoms with Gasteiger partial charge in [-0.1, -0.05) is 38.8 Å². The van der Waals surface area contributed by atoms with Crippen LogP contribution in [0, 0.1) is 11.3 Å². The van der Waals surface area contributed by atoms with Gasteiger partial charge in [-0.15, -0.1) is 0 Å². The monoisotopic (exact) mass is 382 g/mol. The Balaban J connectivity index is 2.04. The molecule has 0 saturated carbocycles. The first-order chi connectivity index (χ1) is 13.6. The van der Waals surface area contributed by atoms with E-state index in [1.807, 2.05) is 12.1 Å². The normalized spacial score (nSPS) is 15.6. The summed E-state index contributed by atoms with van der Waals surface area (Å²) < 4.78 is 16.6. The molecule has 28 heavy (non-hydrogen) atoms. The number of benzene rings is 1. The minimum absolute atomic E-state index is 0.128. The Hall–Kier alpha value is -3.14. The number of nitrogens with two attached hydrogens (primary N) is 1. The van der Waals surface area contributed by atoms with Gasteiger partial charge >= 0.3 is 6.08 Å². The van der Waals surface area contributed by atoms with E-state index in [0.717, 1.165) is 42.6 Å². The van der Waals surface area contributed by atoms with Crippen LogP contribution in [0.3, 0.4) is 0 Å². The molecular weight excluding hydrogens is 356 g/mol. The summed E-state index contributed by atoms with van der Waals surface area (Å²) >= 11 is 0. The smallest absolute Gasteiger partial charge is 0.395 e. The van der Waals surface area contributed by atoms with Crippen LogP contribution in [-0.4, -0.2) is 18.7 Å². The topological polar surface area (TPSA) is 106 Å². The fraction of sp³-hybridized carbons (Fsp3) is 0.429. The molecule has 0 fully saturated rings. The number of nitrogens with zero attached hydrogens (tertiary/aromatic N) is 2. The number of unbranched alkanes of at least 4 members (excludes halogenated alkanes) is 1. The minimum Gasteiger partial charge on any atom is -0.493 e. The Labute approximate surface area is 165 Å². The van der Waals surface area contributed by atoms with Gasteiger partial charge in [0.25, 0.3) is 0 Å². The third kappa shape index (κ3) is 3.77. The van der Waals surface area contributed by atoms with E-state index < -0.39 is 5.92 Å². The van der Waals surface area contributed by atoms with Crippen molar-refractivity contribution < 1.29 is 13.9 Å². The van der Waals surface area contributed by atoms with E-state index in [9.17, 15) is 5.26 Å². The van der Waals surface area contributed by atoms with E-state index in [-0.39, 0.29) is 11.9 Å². The van der Waals surface area contributed by atoms with E-state index in [0.29, 0.717) is 23.8 Å². The van der Waals surface area contributed by atoms with Crippen LogP contribution < -0.4 is 20.5 Å². The van der Waals surface area contributed by atoms with Crippen LogP contribution in [0.4, 0.5) is 5.88 Å². The van der Waals surface area contributed by atoms with Crippen molar-refractivity contribution in [1.82, 2.24) is 4.98 Å². The second-order valence-electron chi connectivity index (χ2n) is 6.71. The summed E-state index contributed by atoms with van der Waals surface area (Å²) in [5.74, 6) is 1.13. The molecule has 0 radical (unpaired) electrons. The van der Waals surface area contributed by atoms with Gasteiger partial charge < -0.3 is 24.9 Å². The highest BCUT2D eigenvalue weighted by molar-refractivity contribution is 5.62. The number of methoxy groups -OCH3 is 1. The van der Waals surface area contributed by atoms with E-state index >= 15 is 0 Å². The second kappa shape index (κ2) is 8.70. The fourth-order valence-corrected chi connectivity index (χ4v) is 3.33. The van der Waals surface area contributed by atoms with Gasteiger partial charge in [-0.05, 0) is 30.0 Å². The molecule has 0 bridgehead atoms. The first kappa shape index (κ1) is 19.6. The number of aromatic nitrogens is 1. The first-order valence-corrected chi connectivity index (χ1v) is 9.59. The summed E-state index contributed by atoms with van der Waals surface area (Å²) in [5.41, 5.74) is 9.11. The summed E-state index contributed by atoms with van der Waals surface area (Å²) in [4.78, 5) is 4.39. The number of ether oxygens (including phenoxy) is 2. The molecule has 2 aromatic rings. The van der Waals surface area contributed by atoms with Crippen molar-refractivity contribution in [3.63, 3.8) is 0 Å². The van der Waals surface area contributed by atoms with Gasteiger partial charge in [-0.3, -0.25) is 0 Å². The maximum Gasteiger partial charge on any atom is 0.395 e. The summed E-state index contributed by atoms with van der Waals surface area (Å²) in [5, 5.41) is 12.6. The Morgan fingerprint density at radius 3 is 2.82 bits per heavy atom. The number of allylic oxidation sites excluding steroid dienone is 1. The highest BCUT2D eigenvalue weighted by Gasteiger charge is 2.34. The number of nitrogens with one attached hydrogen (secondary N) is 1. The summed E-state index contributed by atoms with van der Waals surface area (Å²) in [6.45, 7) is 4.97. The molecule has 1 aliphatic heterocycles. The number of rotatable bonds is 8. The van der Waals surface area contributed by atoms with Gasteiger partial charge in [-0.2, -0.15) is 10.2 Å². The van der Waals surface area contributed by atoms with Crippen molar-refractivity contribution in [2.75, 3.05) is 19.0 Å². The number of nitriles is 1. The van der Waals surface area contributed by atoms with Crippen LogP contribution in [0.25, 0.3) is 0 Å². The lowest BCUT2D eigenvalue weighted by Gasteiger charge is -2.23. The van der Waals surface area contributed by atoms with Gasteiger partial charge in [0.15, 0.2) is 0 Å². The molecule has 1 atom stereocenters. The molecule has 0 aliphatic carbocycles. The van der Waals surface area contributed by atoms with Crippen molar-refractivity contribution in [3.8, 4) is 17.9 Å². The number of oxazole rings is 1. The molecule has 3 N–H and O–H groups in total. The summed E-state index contributed by atoms with van der Waals surface area (Å²) in [6.07, 6.45) is 4.11. The van der Waals surface area contributed by atoms with Gasteiger partial charge in [-0.25, -0.2) is 0 Å². The number of fused-ring (bicyclic) bond motifs is 1. The van der Waals surface area contributed by atoms with Crippen molar-refractivity contribution in [1.29, 1.82) is 5.26 Å². The fourth-order valence-electron chi connectivity index (χ4n) is 3.33. The van der Waals surface area contributed by atoms with Gasteiger partial charge in [0.1, 0.15) is 17.3 Å². The molecule has 1 aliphatic rings. The predicted molar refractivity (Wildman–Crippen MR) is 106 cm³/mol. The first-order valence-electron chi connectivity index (χ1n) is 9.59. The lowest BCUT2D eigenvalue weighted by atomic mass is 9.85. The summed E-state index contributed by atoms with van der Waals surface area (Å²) in [6, 6.07) is 8.23. The van der Waals surface area contributed by atoms with E-state index in [2.05, 4.69) is 36.3 Å². The van der Waals surface area contributed by atoms with E-state index in [1.165, 1.54) is 7.11 Å². The number of hydrogen-bond acceptors (Lipinski definition) is 7. The molecule has 0 spiro atoms. The second-order valence-corrected chi connectivity index (χ2v) is 6.71. The Morgan fingerprint density at radius 1 is 1.32 bits per heavy atom. The lowest BCUT2D eigenvalue weighted by Crippen LogP contribution is -2.22. The lowest BCUT2D eigenvalue weighted by molar-refractivity contribution is 0.294. The van der Waals surface area contributed by atoms with Crippen LogP contribution in [0.2, 0.25) is 0 Å². The quantitative estimate of drug-likeness (QED) is 0.663. The minimum atomic E-state index is -0.422. The highest BCUT2D eigenvalue weighted by Crippen LogP contribution is 2.42. The van der Waals surface area contributed by atoms with Crippen LogP contribution in [-0.2, 0) is 6.42 Å². The Morgan fingerprint density at radius 2 is 2.14 bits per heavy atom. The maximum absolute atomic E-state index is 9.71. The van der Waals surface area contributed by atoms with Crippen LogP contribution in [0.15, 0.2) is 34.0 Å². The Kier molecular flexibility index (Phi) is 6.09. The van der Waals surface area contributed by atoms with Crippen LogP contribution >= 0.6 is 0 Å². The van der Waals surface area contributed by atoms with Crippen LogP contribution in [0.1, 0.15) is 55.8 Å². The summed E-state index contributed by atoms with van der Waals surface area (Å²) in [7, 11) is 1.48. The molecule has 2 heterocycles. The molecule has 7 heteroatoms. The molecule has 0 amide bonds. The molecule has 3 rings (SSSR count).